The Hall–Kier alpha value is -0.370. The van der Waals surface area contributed by atoms with Crippen LogP contribution in [0.15, 0.2) is 20.4 Å². The van der Waals surface area contributed by atoms with Crippen LogP contribution >= 0.6 is 54.5 Å². The molecule has 0 atom stereocenters. The second kappa shape index (κ2) is 5.09. The Labute approximate surface area is 123 Å². The maximum absolute atomic E-state index is 11.4. The van der Waals surface area contributed by atoms with Crippen LogP contribution in [0, 0.1) is 0 Å². The molecule has 0 spiro atoms. The van der Waals surface area contributed by atoms with Gasteiger partial charge in [-0.15, -0.1) is 22.7 Å². The molecular weight excluding hydrogens is 390 g/mol. The summed E-state index contributed by atoms with van der Waals surface area (Å²) in [6.07, 6.45) is 0. The minimum atomic E-state index is -0.395. The van der Waals surface area contributed by atoms with Crippen molar-refractivity contribution in [3.8, 4) is 9.75 Å². The highest BCUT2D eigenvalue weighted by atomic mass is 79.9. The van der Waals surface area contributed by atoms with Gasteiger partial charge in [0, 0.05) is 14.2 Å². The van der Waals surface area contributed by atoms with Gasteiger partial charge in [0.1, 0.15) is 4.88 Å². The molecule has 0 saturated carbocycles. The summed E-state index contributed by atoms with van der Waals surface area (Å²) in [5.74, 6) is -0.395. The first kappa shape index (κ1) is 13.1. The van der Waals surface area contributed by atoms with Gasteiger partial charge in [0.15, 0.2) is 0 Å². The molecule has 2 rings (SSSR count). The Morgan fingerprint density at radius 2 is 1.94 bits per heavy atom. The van der Waals surface area contributed by atoms with Crippen molar-refractivity contribution < 1.29 is 9.53 Å². The number of nitrogens with two attached hydrogens (primary N) is 1. The molecule has 0 aliphatic carbocycles. The van der Waals surface area contributed by atoms with Crippen LogP contribution in [0.4, 0.5) is 5.69 Å². The molecule has 0 bridgehead atoms. The first-order chi connectivity index (χ1) is 8.02. The smallest absolute Gasteiger partial charge is 0.350 e. The van der Waals surface area contributed by atoms with Crippen molar-refractivity contribution in [3.63, 3.8) is 0 Å². The van der Waals surface area contributed by atoms with Crippen molar-refractivity contribution in [3.05, 3.63) is 25.3 Å². The first-order valence-electron chi connectivity index (χ1n) is 4.45. The quantitative estimate of drug-likeness (QED) is 0.766. The average molecular weight is 397 g/mol. The van der Waals surface area contributed by atoms with Crippen molar-refractivity contribution in [2.75, 3.05) is 12.8 Å². The van der Waals surface area contributed by atoms with E-state index in [1.165, 1.54) is 18.4 Å². The lowest BCUT2D eigenvalue weighted by atomic mass is 10.3. The van der Waals surface area contributed by atoms with Crippen molar-refractivity contribution in [2.45, 2.75) is 0 Å². The maximum atomic E-state index is 11.4. The summed E-state index contributed by atoms with van der Waals surface area (Å²) < 4.78 is 6.67. The number of thiophene rings is 2. The number of esters is 1. The average Bonchev–Trinajstić information content (AvgIpc) is 2.82. The predicted octanol–water partition coefficient (Wildman–Crippen LogP) is 4.37. The van der Waals surface area contributed by atoms with Gasteiger partial charge in [-0.25, -0.2) is 4.79 Å². The lowest BCUT2D eigenvalue weighted by Gasteiger charge is -1.94. The van der Waals surface area contributed by atoms with E-state index >= 15 is 0 Å². The molecule has 0 aromatic carbocycles. The van der Waals surface area contributed by atoms with Crippen LogP contribution < -0.4 is 5.73 Å². The van der Waals surface area contributed by atoms with Gasteiger partial charge in [-0.3, -0.25) is 0 Å². The third-order valence-electron chi connectivity index (χ3n) is 2.02. The molecule has 2 aromatic rings. The first-order valence-corrected chi connectivity index (χ1v) is 7.67. The van der Waals surface area contributed by atoms with Crippen LogP contribution in [0.1, 0.15) is 9.67 Å². The van der Waals surface area contributed by atoms with Crippen molar-refractivity contribution in [1.29, 1.82) is 0 Å². The minimum Gasteiger partial charge on any atom is -0.465 e. The number of anilines is 1. The SMILES string of the molecule is COC(=O)c1sc(-c2cc(Br)c(Br)s2)cc1N. The van der Waals surface area contributed by atoms with Gasteiger partial charge in [0.05, 0.1) is 16.6 Å². The summed E-state index contributed by atoms with van der Waals surface area (Å²) >= 11 is 9.78. The summed E-state index contributed by atoms with van der Waals surface area (Å²) in [5.41, 5.74) is 6.25. The van der Waals surface area contributed by atoms with Crippen LogP contribution in [0.3, 0.4) is 0 Å². The largest absolute Gasteiger partial charge is 0.465 e. The van der Waals surface area contributed by atoms with Crippen molar-refractivity contribution in [1.82, 2.24) is 0 Å². The number of hydrogen-bond acceptors (Lipinski definition) is 5. The van der Waals surface area contributed by atoms with E-state index in [1.54, 1.807) is 17.4 Å². The topological polar surface area (TPSA) is 52.3 Å². The summed E-state index contributed by atoms with van der Waals surface area (Å²) in [6, 6.07) is 3.78. The third-order valence-corrected chi connectivity index (χ3v) is 6.60. The highest BCUT2D eigenvalue weighted by Crippen LogP contribution is 2.42. The summed E-state index contributed by atoms with van der Waals surface area (Å²) in [7, 11) is 1.35. The molecule has 0 aliphatic rings. The Morgan fingerprint density at radius 3 is 2.47 bits per heavy atom. The van der Waals surface area contributed by atoms with Crippen LogP contribution in [-0.4, -0.2) is 13.1 Å². The maximum Gasteiger partial charge on any atom is 0.350 e. The van der Waals surface area contributed by atoms with E-state index in [2.05, 4.69) is 36.6 Å². The van der Waals surface area contributed by atoms with E-state index in [9.17, 15) is 4.79 Å². The fourth-order valence-corrected chi connectivity index (χ4v) is 4.35. The van der Waals surface area contributed by atoms with Gasteiger partial charge in [-0.05, 0) is 44.0 Å². The van der Waals surface area contributed by atoms with Gasteiger partial charge in [0.25, 0.3) is 0 Å². The van der Waals surface area contributed by atoms with Crippen molar-refractivity contribution in [2.24, 2.45) is 0 Å². The molecular formula is C10H7Br2NO2S2. The predicted molar refractivity (Wildman–Crippen MR) is 78.8 cm³/mol. The number of rotatable bonds is 2. The fraction of sp³-hybridized carbons (Fsp3) is 0.100. The Balaban J connectivity index is 2.44. The van der Waals surface area contributed by atoms with E-state index in [0.717, 1.165) is 18.0 Å². The van der Waals surface area contributed by atoms with E-state index in [1.807, 2.05) is 6.07 Å². The summed E-state index contributed by atoms with van der Waals surface area (Å²) in [5, 5.41) is 0. The number of hydrogen-bond donors (Lipinski definition) is 1. The standard InChI is InChI=1S/C10H7Br2NO2S2/c1-15-10(14)8-5(13)3-7(16-8)6-2-4(11)9(12)17-6/h2-3H,13H2,1H3. The van der Waals surface area contributed by atoms with Crippen LogP contribution in [0.25, 0.3) is 9.75 Å². The summed E-state index contributed by atoms with van der Waals surface area (Å²) in [6.45, 7) is 0. The molecule has 0 radical (unpaired) electrons. The number of carbonyl (C=O) groups is 1. The number of carbonyl (C=O) groups excluding carboxylic acids is 1. The Bertz CT molecular complexity index is 557. The molecule has 0 fully saturated rings. The van der Waals surface area contributed by atoms with Gasteiger partial charge >= 0.3 is 5.97 Å². The Kier molecular flexibility index (Phi) is 3.92. The second-order valence-corrected chi connectivity index (χ2v) is 7.40. The molecule has 17 heavy (non-hydrogen) atoms. The number of ether oxygens (including phenoxy) is 1. The molecule has 7 heteroatoms. The third kappa shape index (κ3) is 2.57. The summed E-state index contributed by atoms with van der Waals surface area (Å²) in [4.78, 5) is 13.9. The monoisotopic (exact) mass is 395 g/mol. The number of nitrogen functional groups attached to an aromatic ring is 1. The number of halogens is 2. The molecule has 0 saturated heterocycles. The Morgan fingerprint density at radius 1 is 1.29 bits per heavy atom. The highest BCUT2D eigenvalue weighted by molar-refractivity contribution is 9.13. The van der Waals surface area contributed by atoms with Gasteiger partial charge in [0.2, 0.25) is 0 Å². The molecule has 3 nitrogen and oxygen atoms in total. The van der Waals surface area contributed by atoms with E-state index < -0.39 is 5.97 Å². The van der Waals surface area contributed by atoms with Gasteiger partial charge in [-0.1, -0.05) is 0 Å². The molecule has 0 amide bonds. The van der Waals surface area contributed by atoms with E-state index in [-0.39, 0.29) is 0 Å². The molecule has 0 unspecified atom stereocenters. The molecule has 2 N–H and O–H groups in total. The molecule has 90 valence electrons. The van der Waals surface area contributed by atoms with E-state index in [4.69, 9.17) is 5.73 Å². The van der Waals surface area contributed by atoms with Crippen LogP contribution in [0.5, 0.6) is 0 Å². The molecule has 0 aliphatic heterocycles. The van der Waals surface area contributed by atoms with Crippen LogP contribution in [0.2, 0.25) is 0 Å². The van der Waals surface area contributed by atoms with Gasteiger partial charge < -0.3 is 10.5 Å². The zero-order valence-electron chi connectivity index (χ0n) is 8.62. The lowest BCUT2D eigenvalue weighted by Crippen LogP contribution is -2.00. The zero-order valence-corrected chi connectivity index (χ0v) is 13.4. The van der Waals surface area contributed by atoms with Crippen LogP contribution in [-0.2, 0) is 4.74 Å². The molecule has 2 aromatic heterocycles. The normalized spacial score (nSPS) is 10.5. The fourth-order valence-electron chi connectivity index (χ4n) is 1.25. The highest BCUT2D eigenvalue weighted by Gasteiger charge is 2.17. The van der Waals surface area contributed by atoms with Crippen molar-refractivity contribution >= 4 is 66.2 Å². The van der Waals surface area contributed by atoms with E-state index in [0.29, 0.717) is 10.6 Å². The zero-order chi connectivity index (χ0) is 12.6. The molecule has 2 heterocycles. The number of methoxy groups -OCH3 is 1. The minimum absolute atomic E-state index is 0.395. The second-order valence-electron chi connectivity index (χ2n) is 3.12. The van der Waals surface area contributed by atoms with Gasteiger partial charge in [-0.2, -0.15) is 0 Å². The lowest BCUT2D eigenvalue weighted by molar-refractivity contribution is 0.0607.